The second kappa shape index (κ2) is 4.90. The van der Waals surface area contributed by atoms with Crippen LogP contribution in [0.3, 0.4) is 0 Å². The van der Waals surface area contributed by atoms with Crippen LogP contribution in [-0.2, 0) is 11.2 Å². The molecular weight excluding hydrogens is 256 g/mol. The highest BCUT2D eigenvalue weighted by atomic mass is 16.3. The van der Waals surface area contributed by atoms with Crippen molar-refractivity contribution in [3.8, 4) is 0 Å². The van der Waals surface area contributed by atoms with Gasteiger partial charge in [0.15, 0.2) is 0 Å². The third-order valence-electron chi connectivity index (χ3n) is 4.32. The van der Waals surface area contributed by atoms with Crippen LogP contribution < -0.4 is 0 Å². The maximum Gasteiger partial charge on any atom is 0.254 e. The number of carbonyl (C=O) groups excluding carboxylic acids is 2. The molecule has 0 radical (unpaired) electrons. The van der Waals surface area contributed by atoms with Gasteiger partial charge in [0.1, 0.15) is 6.23 Å². The van der Waals surface area contributed by atoms with Gasteiger partial charge in [-0.1, -0.05) is 18.2 Å². The van der Waals surface area contributed by atoms with E-state index in [4.69, 9.17) is 0 Å². The largest absolute Gasteiger partial charge is 0.371 e. The van der Waals surface area contributed by atoms with Crippen molar-refractivity contribution in [2.24, 2.45) is 0 Å². The molecule has 0 spiro atoms. The van der Waals surface area contributed by atoms with E-state index in [0.29, 0.717) is 24.9 Å². The Kier molecular flexibility index (Phi) is 3.22. The van der Waals surface area contributed by atoms with Crippen molar-refractivity contribution in [3.63, 3.8) is 0 Å². The first-order valence-electron chi connectivity index (χ1n) is 6.92. The molecule has 2 atom stereocenters. The highest BCUT2D eigenvalue weighted by molar-refractivity contribution is 5.97. The standard InChI is InChI=1S/C15H18N2O3/c1-16-13(18)7-6-12(15(16)20)17-9-8-10-4-2-3-5-11(10)14(17)19/h2-5,12,15,20H,6-9H2,1H3. The minimum Gasteiger partial charge on any atom is -0.371 e. The van der Waals surface area contributed by atoms with E-state index in [1.165, 1.54) is 4.90 Å². The van der Waals surface area contributed by atoms with Crippen LogP contribution in [0.25, 0.3) is 0 Å². The third kappa shape index (κ3) is 1.98. The quantitative estimate of drug-likeness (QED) is 0.817. The second-order valence-corrected chi connectivity index (χ2v) is 5.43. The average molecular weight is 274 g/mol. The Hall–Kier alpha value is -1.88. The Labute approximate surface area is 117 Å². The maximum absolute atomic E-state index is 12.6. The molecule has 2 aliphatic rings. The molecule has 3 rings (SSSR count). The summed E-state index contributed by atoms with van der Waals surface area (Å²) in [4.78, 5) is 27.2. The van der Waals surface area contributed by atoms with Crippen LogP contribution in [0.4, 0.5) is 0 Å². The number of piperidine rings is 1. The summed E-state index contributed by atoms with van der Waals surface area (Å²) in [5.74, 6) is -0.114. The normalized spacial score (nSPS) is 26.7. The Bertz CT molecular complexity index is 558. The van der Waals surface area contributed by atoms with Crippen LogP contribution in [0.15, 0.2) is 24.3 Å². The molecule has 106 valence electrons. The molecule has 20 heavy (non-hydrogen) atoms. The fourth-order valence-electron chi connectivity index (χ4n) is 3.08. The Morgan fingerprint density at radius 3 is 2.75 bits per heavy atom. The number of hydrogen-bond donors (Lipinski definition) is 1. The number of aliphatic hydroxyl groups is 1. The van der Waals surface area contributed by atoms with E-state index >= 15 is 0 Å². The summed E-state index contributed by atoms with van der Waals surface area (Å²) in [5.41, 5.74) is 1.77. The molecule has 5 heteroatoms. The summed E-state index contributed by atoms with van der Waals surface area (Å²) in [6, 6.07) is 7.28. The highest BCUT2D eigenvalue weighted by Gasteiger charge is 2.39. The predicted octanol–water partition coefficient (Wildman–Crippen LogP) is 0.624. The fourth-order valence-corrected chi connectivity index (χ4v) is 3.08. The maximum atomic E-state index is 12.6. The number of rotatable bonds is 1. The van der Waals surface area contributed by atoms with Gasteiger partial charge in [-0.05, 0) is 24.5 Å². The lowest BCUT2D eigenvalue weighted by molar-refractivity contribution is -0.150. The first-order valence-corrected chi connectivity index (χ1v) is 6.92. The number of aliphatic hydroxyl groups excluding tert-OH is 1. The first kappa shape index (κ1) is 13.1. The number of benzene rings is 1. The lowest BCUT2D eigenvalue weighted by Gasteiger charge is -2.43. The summed E-state index contributed by atoms with van der Waals surface area (Å²) in [6.07, 6.45) is 0.787. The van der Waals surface area contributed by atoms with Gasteiger partial charge in [0.25, 0.3) is 5.91 Å². The fraction of sp³-hybridized carbons (Fsp3) is 0.467. The van der Waals surface area contributed by atoms with E-state index < -0.39 is 6.23 Å². The van der Waals surface area contributed by atoms with Crippen LogP contribution >= 0.6 is 0 Å². The molecule has 1 saturated heterocycles. The lowest BCUT2D eigenvalue weighted by atomic mass is 9.94. The molecular formula is C15H18N2O3. The summed E-state index contributed by atoms with van der Waals surface area (Å²) in [6.45, 7) is 0.597. The zero-order valence-corrected chi connectivity index (χ0v) is 11.5. The minimum atomic E-state index is -0.912. The molecule has 0 bridgehead atoms. The smallest absolute Gasteiger partial charge is 0.254 e. The monoisotopic (exact) mass is 274 g/mol. The van der Waals surface area contributed by atoms with Crippen molar-refractivity contribution in [1.82, 2.24) is 9.80 Å². The van der Waals surface area contributed by atoms with Gasteiger partial charge in [-0.2, -0.15) is 0 Å². The van der Waals surface area contributed by atoms with Crippen LogP contribution in [0.5, 0.6) is 0 Å². The zero-order chi connectivity index (χ0) is 14.3. The summed E-state index contributed by atoms with van der Waals surface area (Å²) < 4.78 is 0. The van der Waals surface area contributed by atoms with Crippen LogP contribution in [0.1, 0.15) is 28.8 Å². The number of likely N-dealkylation sites (N-methyl/N-ethyl adjacent to an activating group) is 1. The number of likely N-dealkylation sites (tertiary alicyclic amines) is 1. The van der Waals surface area contributed by atoms with Crippen molar-refractivity contribution < 1.29 is 14.7 Å². The number of carbonyl (C=O) groups is 2. The van der Waals surface area contributed by atoms with E-state index in [1.807, 2.05) is 24.3 Å². The third-order valence-corrected chi connectivity index (χ3v) is 4.32. The number of amides is 2. The minimum absolute atomic E-state index is 0.0429. The summed E-state index contributed by atoms with van der Waals surface area (Å²) in [5, 5.41) is 10.2. The van der Waals surface area contributed by atoms with Crippen molar-refractivity contribution in [2.75, 3.05) is 13.6 Å². The molecule has 1 aromatic rings. The molecule has 2 amide bonds. The van der Waals surface area contributed by atoms with E-state index in [2.05, 4.69) is 0 Å². The molecule has 1 aromatic carbocycles. The topological polar surface area (TPSA) is 60.9 Å². The van der Waals surface area contributed by atoms with Crippen molar-refractivity contribution >= 4 is 11.8 Å². The number of fused-ring (bicyclic) bond motifs is 1. The second-order valence-electron chi connectivity index (χ2n) is 5.43. The van der Waals surface area contributed by atoms with Crippen LogP contribution in [0.2, 0.25) is 0 Å². The molecule has 0 aromatic heterocycles. The van der Waals surface area contributed by atoms with Crippen LogP contribution in [0, 0.1) is 0 Å². The molecule has 1 fully saturated rings. The van der Waals surface area contributed by atoms with Crippen LogP contribution in [-0.4, -0.2) is 52.6 Å². The van der Waals surface area contributed by atoms with Crippen molar-refractivity contribution in [1.29, 1.82) is 0 Å². The van der Waals surface area contributed by atoms with Crippen molar-refractivity contribution in [3.05, 3.63) is 35.4 Å². The number of hydrogen-bond acceptors (Lipinski definition) is 3. The first-order chi connectivity index (χ1) is 9.59. The van der Waals surface area contributed by atoms with Gasteiger partial charge in [0.2, 0.25) is 5.91 Å². The Morgan fingerprint density at radius 2 is 1.95 bits per heavy atom. The molecule has 2 aliphatic heterocycles. The van der Waals surface area contributed by atoms with Gasteiger partial charge in [-0.15, -0.1) is 0 Å². The molecule has 2 heterocycles. The lowest BCUT2D eigenvalue weighted by Crippen LogP contribution is -2.58. The van der Waals surface area contributed by atoms with E-state index in [0.717, 1.165) is 12.0 Å². The molecule has 1 N–H and O–H groups in total. The summed E-state index contributed by atoms with van der Waals surface area (Å²) >= 11 is 0. The molecule has 5 nitrogen and oxygen atoms in total. The van der Waals surface area contributed by atoms with E-state index in [1.54, 1.807) is 11.9 Å². The SMILES string of the molecule is CN1C(=O)CCC(N2CCc3ccccc3C2=O)C1O. The van der Waals surface area contributed by atoms with E-state index in [9.17, 15) is 14.7 Å². The highest BCUT2D eigenvalue weighted by Crippen LogP contribution is 2.26. The molecule has 0 saturated carbocycles. The zero-order valence-electron chi connectivity index (χ0n) is 11.5. The average Bonchev–Trinajstić information content (AvgIpc) is 2.47. The van der Waals surface area contributed by atoms with Crippen molar-refractivity contribution in [2.45, 2.75) is 31.5 Å². The van der Waals surface area contributed by atoms with Gasteiger partial charge in [-0.3, -0.25) is 9.59 Å². The molecule has 2 unspecified atom stereocenters. The van der Waals surface area contributed by atoms with E-state index in [-0.39, 0.29) is 17.9 Å². The van der Waals surface area contributed by atoms with Gasteiger partial charge < -0.3 is 14.9 Å². The van der Waals surface area contributed by atoms with Gasteiger partial charge in [0.05, 0.1) is 6.04 Å². The summed E-state index contributed by atoms with van der Waals surface area (Å²) in [7, 11) is 1.58. The molecule has 0 aliphatic carbocycles. The number of nitrogens with zero attached hydrogens (tertiary/aromatic N) is 2. The Morgan fingerprint density at radius 1 is 1.20 bits per heavy atom. The predicted molar refractivity (Wildman–Crippen MR) is 73.0 cm³/mol. The Balaban J connectivity index is 1.86. The van der Waals surface area contributed by atoms with Gasteiger partial charge in [0, 0.05) is 25.6 Å². The van der Waals surface area contributed by atoms with Gasteiger partial charge in [-0.25, -0.2) is 0 Å². The van der Waals surface area contributed by atoms with Gasteiger partial charge >= 0.3 is 0 Å².